The fraction of sp³-hybridized carbons (Fsp3) is 0.0500. The zero-order chi connectivity index (χ0) is 22.9. The molecule has 11 heteroatoms. The van der Waals surface area contributed by atoms with Crippen LogP contribution in [0, 0.1) is 0 Å². The Balaban J connectivity index is 2.53. The Kier molecular flexibility index (Phi) is 5.54. The van der Waals surface area contributed by atoms with Gasteiger partial charge in [-0.25, -0.2) is 18.0 Å². The van der Waals surface area contributed by atoms with E-state index in [-0.39, 0.29) is 16.2 Å². The van der Waals surface area contributed by atoms with E-state index in [1.165, 1.54) is 43.5 Å². The van der Waals surface area contributed by atoms with Crippen molar-refractivity contribution in [3.05, 3.63) is 70.0 Å². The van der Waals surface area contributed by atoms with Gasteiger partial charge in [-0.1, -0.05) is 18.2 Å². The molecule has 1 heterocycles. The zero-order valence-corrected chi connectivity index (χ0v) is 16.8. The average Bonchev–Trinajstić information content (AvgIpc) is 2.72. The van der Waals surface area contributed by atoms with Crippen LogP contribution in [-0.2, 0) is 9.84 Å². The molecule has 0 radical (unpaired) electrons. The van der Waals surface area contributed by atoms with Crippen molar-refractivity contribution in [2.24, 2.45) is 0 Å². The topological polar surface area (TPSA) is 177 Å². The van der Waals surface area contributed by atoms with Crippen molar-refractivity contribution in [3.63, 3.8) is 0 Å². The Hall–Kier alpha value is -4.12. The van der Waals surface area contributed by atoms with Gasteiger partial charge in [0.25, 0.3) is 5.56 Å². The number of benzene rings is 2. The highest BCUT2D eigenvalue weighted by atomic mass is 32.2. The van der Waals surface area contributed by atoms with Crippen molar-refractivity contribution in [1.82, 2.24) is 4.98 Å². The molecule has 1 aromatic heterocycles. The predicted molar refractivity (Wildman–Crippen MR) is 109 cm³/mol. The van der Waals surface area contributed by atoms with Gasteiger partial charge in [0, 0.05) is 11.1 Å². The number of aromatic amines is 1. The van der Waals surface area contributed by atoms with Crippen molar-refractivity contribution in [3.8, 4) is 16.9 Å². The number of nitrogen functional groups attached to an aromatic ring is 1. The highest BCUT2D eigenvalue weighted by molar-refractivity contribution is 7.91. The third-order valence-corrected chi connectivity index (χ3v) is 6.28. The lowest BCUT2D eigenvalue weighted by Crippen LogP contribution is -2.24. The van der Waals surface area contributed by atoms with Crippen LogP contribution in [0.3, 0.4) is 0 Å². The van der Waals surface area contributed by atoms with E-state index in [1.54, 1.807) is 6.07 Å². The fourth-order valence-electron chi connectivity index (χ4n) is 3.10. The second-order valence-corrected chi connectivity index (χ2v) is 8.20. The van der Waals surface area contributed by atoms with Crippen LogP contribution in [0.2, 0.25) is 0 Å². The van der Waals surface area contributed by atoms with E-state index in [0.29, 0.717) is 0 Å². The van der Waals surface area contributed by atoms with Gasteiger partial charge in [-0.05, 0) is 30.3 Å². The van der Waals surface area contributed by atoms with Crippen LogP contribution in [0.25, 0.3) is 11.1 Å². The molecule has 0 saturated carbocycles. The number of nitrogens with two attached hydrogens (primary N) is 1. The molecular weight excluding hydrogens is 428 g/mol. The van der Waals surface area contributed by atoms with Crippen LogP contribution in [0.5, 0.6) is 5.75 Å². The molecule has 0 amide bonds. The normalized spacial score (nSPS) is 11.1. The Morgan fingerprint density at radius 3 is 2.16 bits per heavy atom. The van der Waals surface area contributed by atoms with Crippen molar-refractivity contribution in [2.45, 2.75) is 9.79 Å². The number of nitrogens with one attached hydrogen (secondary N) is 1. The van der Waals surface area contributed by atoms with E-state index < -0.39 is 54.7 Å². The van der Waals surface area contributed by atoms with Crippen LogP contribution < -0.4 is 16.0 Å². The number of hydrogen-bond donors (Lipinski definition) is 4. The minimum Gasteiger partial charge on any atom is -0.497 e. The number of rotatable bonds is 6. The molecule has 5 N–H and O–H groups in total. The molecule has 0 fully saturated rings. The van der Waals surface area contributed by atoms with E-state index in [4.69, 9.17) is 10.5 Å². The highest BCUT2D eigenvalue weighted by Gasteiger charge is 2.31. The molecule has 0 unspecified atom stereocenters. The minimum absolute atomic E-state index is 0.116. The number of sulfone groups is 1. The number of ether oxygens (including phenoxy) is 1. The first-order valence-corrected chi connectivity index (χ1v) is 10.1. The number of aromatic carboxylic acids is 2. The molecule has 0 atom stereocenters. The quantitative estimate of drug-likeness (QED) is 0.442. The molecule has 2 aromatic carbocycles. The first-order chi connectivity index (χ1) is 14.6. The summed E-state index contributed by atoms with van der Waals surface area (Å²) in [6.07, 6.45) is 0. The molecule has 3 aromatic rings. The maximum Gasteiger partial charge on any atom is 0.342 e. The third-order valence-electron chi connectivity index (χ3n) is 4.47. The molecular formula is C20H16N2O8S. The van der Waals surface area contributed by atoms with E-state index in [1.807, 2.05) is 4.98 Å². The van der Waals surface area contributed by atoms with Crippen LogP contribution in [0.15, 0.2) is 63.1 Å². The van der Waals surface area contributed by atoms with Gasteiger partial charge in [0.15, 0.2) is 0 Å². The number of methoxy groups -OCH3 is 1. The fourth-order valence-corrected chi connectivity index (χ4v) is 4.60. The largest absolute Gasteiger partial charge is 0.497 e. The second kappa shape index (κ2) is 7.95. The summed E-state index contributed by atoms with van der Waals surface area (Å²) < 4.78 is 31.8. The smallest absolute Gasteiger partial charge is 0.342 e. The standard InChI is InChI=1S/C20H16N2O8S/c1-30-10-7-8-12(13(9-10)31(28,29)11-5-3-2-4-6-11)14-15(19(24)25)17(21)22-18(23)16(14)20(26)27/h2-9H,1H3,(H,24,25)(H,26,27)(H3,21,22,23). The van der Waals surface area contributed by atoms with E-state index in [2.05, 4.69) is 0 Å². The van der Waals surface area contributed by atoms with Crippen LogP contribution >= 0.6 is 0 Å². The average molecular weight is 444 g/mol. The number of carboxylic acids is 2. The van der Waals surface area contributed by atoms with Gasteiger partial charge in [0.05, 0.1) is 16.9 Å². The third kappa shape index (κ3) is 3.73. The van der Waals surface area contributed by atoms with Gasteiger partial charge in [-0.15, -0.1) is 0 Å². The lowest BCUT2D eigenvalue weighted by molar-refractivity contribution is 0.0695. The van der Waals surface area contributed by atoms with E-state index in [9.17, 15) is 33.0 Å². The van der Waals surface area contributed by atoms with Gasteiger partial charge < -0.3 is 25.7 Å². The number of H-pyrrole nitrogens is 1. The molecule has 0 spiro atoms. The Morgan fingerprint density at radius 2 is 1.61 bits per heavy atom. The van der Waals surface area contributed by atoms with Gasteiger partial charge >= 0.3 is 11.9 Å². The Labute approximate surface area is 175 Å². The summed E-state index contributed by atoms with van der Waals surface area (Å²) in [6.45, 7) is 0. The maximum absolute atomic E-state index is 13.4. The van der Waals surface area contributed by atoms with Crippen molar-refractivity contribution in [2.75, 3.05) is 12.8 Å². The highest BCUT2D eigenvalue weighted by Crippen LogP contribution is 2.38. The molecule has 0 saturated heterocycles. The molecule has 3 rings (SSSR count). The lowest BCUT2D eigenvalue weighted by atomic mass is 9.95. The van der Waals surface area contributed by atoms with Gasteiger partial charge in [-0.2, -0.15) is 0 Å². The number of anilines is 1. The van der Waals surface area contributed by atoms with Gasteiger partial charge in [-0.3, -0.25) is 4.79 Å². The Morgan fingerprint density at radius 1 is 1.00 bits per heavy atom. The van der Waals surface area contributed by atoms with Crippen molar-refractivity contribution < 1.29 is 33.0 Å². The van der Waals surface area contributed by atoms with Crippen LogP contribution in [-0.4, -0.2) is 42.7 Å². The number of pyridine rings is 1. The SMILES string of the molecule is COc1ccc(-c2c(C(=O)O)c(N)[nH]c(=O)c2C(=O)O)c(S(=O)(=O)c2ccccc2)c1. The van der Waals surface area contributed by atoms with Crippen molar-refractivity contribution in [1.29, 1.82) is 0 Å². The summed E-state index contributed by atoms with van der Waals surface area (Å²) >= 11 is 0. The first-order valence-electron chi connectivity index (χ1n) is 8.60. The summed E-state index contributed by atoms with van der Waals surface area (Å²) in [5.74, 6) is -3.90. The van der Waals surface area contributed by atoms with Crippen LogP contribution in [0.1, 0.15) is 20.7 Å². The summed E-state index contributed by atoms with van der Waals surface area (Å²) in [6, 6.07) is 10.8. The van der Waals surface area contributed by atoms with Gasteiger partial charge in [0.1, 0.15) is 22.7 Å². The molecule has 0 bridgehead atoms. The van der Waals surface area contributed by atoms with Crippen molar-refractivity contribution >= 4 is 27.6 Å². The monoisotopic (exact) mass is 444 g/mol. The number of aromatic nitrogens is 1. The van der Waals surface area contributed by atoms with E-state index >= 15 is 0 Å². The Bertz CT molecular complexity index is 1360. The molecule has 0 aliphatic carbocycles. The summed E-state index contributed by atoms with van der Waals surface area (Å²) in [5, 5.41) is 19.2. The number of carboxylic acid groups (broad SMARTS) is 2. The predicted octanol–water partition coefficient (Wildman–Crippen LogP) is 1.86. The van der Waals surface area contributed by atoms with E-state index in [0.717, 1.165) is 6.07 Å². The summed E-state index contributed by atoms with van der Waals surface area (Å²) in [4.78, 5) is 37.4. The second-order valence-electron chi connectivity index (χ2n) is 6.28. The minimum atomic E-state index is -4.28. The summed E-state index contributed by atoms with van der Waals surface area (Å²) in [5.41, 5.74) is 1.83. The zero-order valence-electron chi connectivity index (χ0n) is 15.9. The van der Waals surface area contributed by atoms with Gasteiger partial charge in [0.2, 0.25) is 9.84 Å². The number of carbonyl (C=O) groups is 2. The maximum atomic E-state index is 13.4. The molecule has 160 valence electrons. The lowest BCUT2D eigenvalue weighted by Gasteiger charge is -2.17. The summed E-state index contributed by atoms with van der Waals surface area (Å²) in [7, 11) is -2.98. The molecule has 10 nitrogen and oxygen atoms in total. The number of hydrogen-bond acceptors (Lipinski definition) is 7. The molecule has 31 heavy (non-hydrogen) atoms. The first kappa shape index (κ1) is 21.6. The molecule has 0 aliphatic rings. The van der Waals surface area contributed by atoms with Crippen LogP contribution in [0.4, 0.5) is 5.82 Å². The molecule has 0 aliphatic heterocycles.